The van der Waals surface area contributed by atoms with Crippen molar-refractivity contribution >= 4 is 23.7 Å². The van der Waals surface area contributed by atoms with Crippen LogP contribution >= 0.6 is 0 Å². The molecule has 5 unspecified atom stereocenters. The van der Waals surface area contributed by atoms with Crippen molar-refractivity contribution in [1.82, 2.24) is 16.0 Å². The molecule has 0 saturated heterocycles. The summed E-state index contributed by atoms with van der Waals surface area (Å²) in [7, 11) is 0. The number of nitrogens with one attached hydrogen (secondary N) is 3. The fourth-order valence-corrected chi connectivity index (χ4v) is 1.90. The third kappa shape index (κ3) is 7.33. The first-order valence-electron chi connectivity index (χ1n) is 8.20. The summed E-state index contributed by atoms with van der Waals surface area (Å²) in [6.45, 7) is 3.46. The van der Waals surface area contributed by atoms with Gasteiger partial charge in [0.25, 0.3) is 0 Å². The molecule has 0 heterocycles. The first-order valence-corrected chi connectivity index (χ1v) is 8.20. The Morgan fingerprint density at radius 2 is 1.50 bits per heavy atom. The maximum absolute atomic E-state index is 12.4. The number of hydrogen-bond acceptors (Lipinski definition) is 7. The topological polar surface area (TPSA) is 191 Å². The summed E-state index contributed by atoms with van der Waals surface area (Å²) in [5.41, 5.74) is 5.42. The van der Waals surface area contributed by atoms with E-state index in [2.05, 4.69) is 16.0 Å². The highest BCUT2D eigenvalue weighted by atomic mass is 16.4. The first kappa shape index (κ1) is 23.8. The zero-order valence-corrected chi connectivity index (χ0v) is 15.1. The molecule has 5 atom stereocenters. The Balaban J connectivity index is 4.99. The molecule has 0 spiro atoms. The summed E-state index contributed by atoms with van der Waals surface area (Å²) in [6.07, 6.45) is 0.541. The quantitative estimate of drug-likeness (QED) is 0.197. The molecule has 8 N–H and O–H groups in total. The molecule has 0 radical (unpaired) electrons. The van der Waals surface area contributed by atoms with Gasteiger partial charge in [0.15, 0.2) is 0 Å². The van der Waals surface area contributed by atoms with Gasteiger partial charge < -0.3 is 37.0 Å². The van der Waals surface area contributed by atoms with Crippen LogP contribution in [-0.4, -0.2) is 76.4 Å². The molecule has 0 rings (SSSR count). The molecule has 0 aliphatic heterocycles. The largest absolute Gasteiger partial charge is 0.480 e. The van der Waals surface area contributed by atoms with Gasteiger partial charge in [-0.15, -0.1) is 0 Å². The molecular formula is C15H28N4O7. The molecule has 0 aromatic rings. The van der Waals surface area contributed by atoms with Gasteiger partial charge in [-0.2, -0.15) is 0 Å². The zero-order chi connectivity index (χ0) is 20.4. The van der Waals surface area contributed by atoms with Gasteiger partial charge in [-0.3, -0.25) is 14.4 Å². The molecule has 0 fully saturated rings. The molecule has 3 amide bonds. The average Bonchev–Trinajstić information content (AvgIpc) is 2.61. The number of nitrogens with two attached hydrogens (primary N) is 1. The Morgan fingerprint density at radius 3 is 1.92 bits per heavy atom. The van der Waals surface area contributed by atoms with Crippen LogP contribution < -0.4 is 21.7 Å². The number of carbonyl (C=O) groups excluding carboxylic acids is 3. The number of carbonyl (C=O) groups is 4. The fraction of sp³-hybridized carbons (Fsp3) is 0.733. The van der Waals surface area contributed by atoms with E-state index in [1.807, 2.05) is 0 Å². The molecule has 11 heteroatoms. The minimum atomic E-state index is -1.49. The van der Waals surface area contributed by atoms with Crippen LogP contribution in [0.15, 0.2) is 0 Å². The number of rotatable bonds is 11. The number of aliphatic carboxylic acids is 1. The normalized spacial score (nSPS) is 16.5. The van der Waals surface area contributed by atoms with E-state index < -0.39 is 61.1 Å². The second-order valence-electron chi connectivity index (χ2n) is 5.97. The van der Waals surface area contributed by atoms with Crippen molar-refractivity contribution in [2.24, 2.45) is 11.7 Å². The van der Waals surface area contributed by atoms with Gasteiger partial charge in [-0.1, -0.05) is 20.3 Å². The summed E-state index contributed by atoms with van der Waals surface area (Å²) in [6, 6.07) is -4.77. The lowest BCUT2D eigenvalue weighted by atomic mass is 9.97. The van der Waals surface area contributed by atoms with Gasteiger partial charge in [0.2, 0.25) is 17.7 Å². The highest BCUT2D eigenvalue weighted by Crippen LogP contribution is 2.08. The van der Waals surface area contributed by atoms with E-state index in [-0.39, 0.29) is 5.92 Å². The van der Waals surface area contributed by atoms with Crippen LogP contribution in [-0.2, 0) is 19.2 Å². The molecule has 150 valence electrons. The number of carboxylic acid groups (broad SMARTS) is 1. The Hall–Kier alpha value is -2.24. The minimum absolute atomic E-state index is 0.288. The third-order valence-electron chi connectivity index (χ3n) is 3.88. The van der Waals surface area contributed by atoms with Crippen molar-refractivity contribution in [3.05, 3.63) is 0 Å². The van der Waals surface area contributed by atoms with Crippen molar-refractivity contribution in [3.63, 3.8) is 0 Å². The maximum atomic E-state index is 12.4. The standard InChI is InChI=1S/C15H28N4O7/c1-4-7(2)11(19-13(23)9(16)5-20)14(24)17-8(3)12(22)18-10(6-21)15(25)26/h7-11,20-21H,4-6,16H2,1-3H3,(H,17,24)(H,18,22)(H,19,23)(H,25,26). The van der Waals surface area contributed by atoms with Crippen LogP contribution in [0.1, 0.15) is 27.2 Å². The average molecular weight is 376 g/mol. The van der Waals surface area contributed by atoms with Crippen LogP contribution in [0.25, 0.3) is 0 Å². The number of hydrogen-bond donors (Lipinski definition) is 7. The van der Waals surface area contributed by atoms with Crippen molar-refractivity contribution in [2.75, 3.05) is 13.2 Å². The molecule has 0 aromatic heterocycles. The number of carboxylic acids is 1. The van der Waals surface area contributed by atoms with E-state index in [1.54, 1.807) is 13.8 Å². The lowest BCUT2D eigenvalue weighted by Gasteiger charge is -2.26. The van der Waals surface area contributed by atoms with Gasteiger partial charge >= 0.3 is 5.97 Å². The van der Waals surface area contributed by atoms with Crippen molar-refractivity contribution < 1.29 is 34.5 Å². The van der Waals surface area contributed by atoms with E-state index in [0.717, 1.165) is 0 Å². The van der Waals surface area contributed by atoms with Crippen LogP contribution in [0.4, 0.5) is 0 Å². The van der Waals surface area contributed by atoms with Crippen molar-refractivity contribution in [1.29, 1.82) is 0 Å². The van der Waals surface area contributed by atoms with E-state index in [4.69, 9.17) is 21.1 Å². The fourth-order valence-electron chi connectivity index (χ4n) is 1.90. The summed E-state index contributed by atoms with van der Waals surface area (Å²) in [4.78, 5) is 47.0. The summed E-state index contributed by atoms with van der Waals surface area (Å²) in [5.74, 6) is -3.87. The zero-order valence-electron chi connectivity index (χ0n) is 15.1. The van der Waals surface area contributed by atoms with Crippen LogP contribution in [0.3, 0.4) is 0 Å². The van der Waals surface area contributed by atoms with Gasteiger partial charge in [-0.05, 0) is 12.8 Å². The molecule has 0 saturated carbocycles. The van der Waals surface area contributed by atoms with E-state index in [9.17, 15) is 19.2 Å². The molecule has 26 heavy (non-hydrogen) atoms. The summed E-state index contributed by atoms with van der Waals surface area (Å²) < 4.78 is 0. The second-order valence-corrected chi connectivity index (χ2v) is 5.97. The van der Waals surface area contributed by atoms with E-state index in [1.165, 1.54) is 6.92 Å². The second kappa shape index (κ2) is 11.4. The Morgan fingerprint density at radius 1 is 0.923 bits per heavy atom. The Kier molecular flexibility index (Phi) is 10.4. The van der Waals surface area contributed by atoms with Gasteiger partial charge in [0.05, 0.1) is 13.2 Å². The maximum Gasteiger partial charge on any atom is 0.328 e. The number of aliphatic hydroxyl groups excluding tert-OH is 2. The highest BCUT2D eigenvalue weighted by molar-refractivity contribution is 5.94. The Labute approximate surface area is 151 Å². The molecule has 0 bridgehead atoms. The van der Waals surface area contributed by atoms with Crippen molar-refractivity contribution in [2.45, 2.75) is 51.4 Å². The predicted molar refractivity (Wildman–Crippen MR) is 90.7 cm³/mol. The lowest BCUT2D eigenvalue weighted by molar-refractivity contribution is -0.143. The molecular weight excluding hydrogens is 348 g/mol. The lowest BCUT2D eigenvalue weighted by Crippen LogP contribution is -2.58. The molecule has 0 aliphatic carbocycles. The number of aliphatic hydroxyl groups is 2. The van der Waals surface area contributed by atoms with Gasteiger partial charge in [0, 0.05) is 0 Å². The third-order valence-corrected chi connectivity index (χ3v) is 3.88. The SMILES string of the molecule is CCC(C)C(NC(=O)C(N)CO)C(=O)NC(C)C(=O)NC(CO)C(=O)O. The first-order chi connectivity index (χ1) is 12.1. The van der Waals surface area contributed by atoms with Crippen LogP contribution in [0, 0.1) is 5.92 Å². The monoisotopic (exact) mass is 376 g/mol. The van der Waals surface area contributed by atoms with Crippen LogP contribution in [0.5, 0.6) is 0 Å². The van der Waals surface area contributed by atoms with E-state index >= 15 is 0 Å². The molecule has 11 nitrogen and oxygen atoms in total. The minimum Gasteiger partial charge on any atom is -0.480 e. The highest BCUT2D eigenvalue weighted by Gasteiger charge is 2.30. The molecule has 0 aliphatic rings. The van der Waals surface area contributed by atoms with Gasteiger partial charge in [0.1, 0.15) is 24.2 Å². The number of amides is 3. The van der Waals surface area contributed by atoms with Crippen LogP contribution in [0.2, 0.25) is 0 Å². The van der Waals surface area contributed by atoms with E-state index in [0.29, 0.717) is 6.42 Å². The predicted octanol–water partition coefficient (Wildman–Crippen LogP) is -3.10. The summed E-state index contributed by atoms with van der Waals surface area (Å²) in [5, 5.41) is 33.5. The van der Waals surface area contributed by atoms with Crippen molar-refractivity contribution in [3.8, 4) is 0 Å². The van der Waals surface area contributed by atoms with Gasteiger partial charge in [-0.25, -0.2) is 4.79 Å². The summed E-state index contributed by atoms with van der Waals surface area (Å²) >= 11 is 0. The molecule has 0 aromatic carbocycles. The smallest absolute Gasteiger partial charge is 0.328 e. The Bertz CT molecular complexity index is 514.